The fraction of sp³-hybridized carbons (Fsp3) is 0.700. The van der Waals surface area contributed by atoms with E-state index in [9.17, 15) is 18.1 Å². The van der Waals surface area contributed by atoms with Gasteiger partial charge in [-0.3, -0.25) is 4.55 Å². The molecule has 26 heavy (non-hydrogen) atoms. The normalized spacial score (nSPS) is 11.3. The summed E-state index contributed by atoms with van der Waals surface area (Å²) in [5, 5.41) is 11.8. The Bertz CT molecular complexity index is 587. The van der Waals surface area contributed by atoms with E-state index in [0.29, 0.717) is 6.42 Å². The van der Waals surface area contributed by atoms with E-state index >= 15 is 0 Å². The van der Waals surface area contributed by atoms with Gasteiger partial charge in [0, 0.05) is 0 Å². The SMILES string of the molecule is CCCCCCCCCCCCCCc1c([O-])cccc1S(=O)(=O)O.[Na+]. The van der Waals surface area contributed by atoms with Gasteiger partial charge in [-0.15, -0.1) is 5.75 Å². The molecule has 0 aliphatic rings. The molecule has 1 aromatic rings. The Morgan fingerprint density at radius 1 is 0.846 bits per heavy atom. The van der Waals surface area contributed by atoms with Crippen molar-refractivity contribution in [2.45, 2.75) is 95.3 Å². The molecule has 0 unspecified atom stereocenters. The van der Waals surface area contributed by atoms with Gasteiger partial charge in [-0.05, 0) is 24.5 Å². The molecule has 6 heteroatoms. The third kappa shape index (κ3) is 10.9. The van der Waals surface area contributed by atoms with Crippen molar-refractivity contribution < 1.29 is 47.6 Å². The molecule has 1 N–H and O–H groups in total. The zero-order valence-electron chi connectivity index (χ0n) is 16.5. The van der Waals surface area contributed by atoms with Crippen LogP contribution in [0.2, 0.25) is 0 Å². The second-order valence-corrected chi connectivity index (χ2v) is 8.24. The number of benzene rings is 1. The van der Waals surface area contributed by atoms with Crippen LogP contribution in [-0.2, 0) is 16.5 Å². The van der Waals surface area contributed by atoms with Crippen molar-refractivity contribution in [2.24, 2.45) is 0 Å². The van der Waals surface area contributed by atoms with Crippen LogP contribution in [-0.4, -0.2) is 13.0 Å². The first kappa shape index (κ1) is 25.9. The predicted molar refractivity (Wildman–Crippen MR) is 100 cm³/mol. The van der Waals surface area contributed by atoms with E-state index < -0.39 is 10.1 Å². The fourth-order valence-corrected chi connectivity index (χ4v) is 3.94. The van der Waals surface area contributed by atoms with Crippen molar-refractivity contribution in [2.75, 3.05) is 0 Å². The molecule has 4 nitrogen and oxygen atoms in total. The second-order valence-electron chi connectivity index (χ2n) is 6.85. The van der Waals surface area contributed by atoms with Crippen LogP contribution >= 0.6 is 0 Å². The Morgan fingerprint density at radius 3 is 1.77 bits per heavy atom. The Balaban J connectivity index is 0.00000625. The standard InChI is InChI=1S/C20H34O4S.Na/c1-2-3-4-5-6-7-8-9-10-11-12-13-15-18-19(21)16-14-17-20(18)25(22,23)24;/h14,16-17,21H,2-13,15H2,1H3,(H,22,23,24);/q;+1/p-1. The molecule has 0 saturated heterocycles. The summed E-state index contributed by atoms with van der Waals surface area (Å²) in [6, 6.07) is 4.02. The number of hydrogen-bond acceptors (Lipinski definition) is 3. The van der Waals surface area contributed by atoms with Gasteiger partial charge in [-0.2, -0.15) is 8.42 Å². The molecule has 0 aliphatic carbocycles. The first-order chi connectivity index (χ1) is 12.0. The maximum atomic E-state index is 11.8. The molecule has 144 valence electrons. The zero-order chi connectivity index (χ0) is 18.5. The van der Waals surface area contributed by atoms with Gasteiger partial charge in [0.15, 0.2) is 0 Å². The molecule has 0 saturated carbocycles. The summed E-state index contributed by atoms with van der Waals surface area (Å²) in [5.41, 5.74) is 0.220. The fourth-order valence-electron chi connectivity index (χ4n) is 3.18. The van der Waals surface area contributed by atoms with E-state index in [-0.39, 0.29) is 45.8 Å². The van der Waals surface area contributed by atoms with E-state index in [4.69, 9.17) is 0 Å². The van der Waals surface area contributed by atoms with Crippen LogP contribution in [0.5, 0.6) is 5.75 Å². The molecule has 0 bridgehead atoms. The van der Waals surface area contributed by atoms with Gasteiger partial charge in [0.2, 0.25) is 0 Å². The minimum Gasteiger partial charge on any atom is -0.872 e. The monoisotopic (exact) mass is 392 g/mol. The van der Waals surface area contributed by atoms with Crippen molar-refractivity contribution in [3.05, 3.63) is 23.8 Å². The molecular formula is C20H33NaO4S. The quantitative estimate of drug-likeness (QED) is 0.299. The van der Waals surface area contributed by atoms with Gasteiger partial charge < -0.3 is 5.11 Å². The van der Waals surface area contributed by atoms with Crippen LogP contribution < -0.4 is 34.7 Å². The summed E-state index contributed by atoms with van der Waals surface area (Å²) >= 11 is 0. The van der Waals surface area contributed by atoms with Crippen LogP contribution in [0.4, 0.5) is 0 Å². The van der Waals surface area contributed by atoms with E-state index in [0.717, 1.165) is 19.3 Å². The molecular weight excluding hydrogens is 359 g/mol. The van der Waals surface area contributed by atoms with Crippen molar-refractivity contribution in [1.29, 1.82) is 0 Å². The molecule has 1 rings (SSSR count). The molecule has 1 aromatic carbocycles. The maximum absolute atomic E-state index is 11.8. The Kier molecular flexibility index (Phi) is 14.9. The van der Waals surface area contributed by atoms with E-state index in [2.05, 4.69) is 6.92 Å². The minimum absolute atomic E-state index is 0. The summed E-state index contributed by atoms with van der Waals surface area (Å²) in [6.07, 6.45) is 15.1. The Labute approximate surface area is 181 Å². The van der Waals surface area contributed by atoms with Crippen LogP contribution in [0.15, 0.2) is 23.1 Å². The maximum Gasteiger partial charge on any atom is 1.00 e. The first-order valence-corrected chi connectivity index (χ1v) is 11.2. The first-order valence-electron chi connectivity index (χ1n) is 9.73. The van der Waals surface area contributed by atoms with E-state index in [1.807, 2.05) is 0 Å². The van der Waals surface area contributed by atoms with Crippen molar-refractivity contribution in [3.63, 3.8) is 0 Å². The predicted octanol–water partition coefficient (Wildman–Crippen LogP) is 2.25. The summed E-state index contributed by atoms with van der Waals surface area (Å²) in [7, 11) is -4.32. The largest absolute Gasteiger partial charge is 1.00 e. The van der Waals surface area contributed by atoms with Crippen LogP contribution in [0, 0.1) is 0 Å². The topological polar surface area (TPSA) is 77.4 Å². The third-order valence-electron chi connectivity index (χ3n) is 4.65. The van der Waals surface area contributed by atoms with Gasteiger partial charge in [0.05, 0.1) is 4.90 Å². The van der Waals surface area contributed by atoms with Gasteiger partial charge >= 0.3 is 29.6 Å². The minimum atomic E-state index is -4.32. The van der Waals surface area contributed by atoms with Gasteiger partial charge in [-0.1, -0.05) is 89.7 Å². The molecule has 0 amide bonds. The molecule has 0 spiro atoms. The van der Waals surface area contributed by atoms with Gasteiger partial charge in [0.25, 0.3) is 10.1 Å². The Morgan fingerprint density at radius 2 is 1.31 bits per heavy atom. The summed E-state index contributed by atoms with van der Waals surface area (Å²) in [5.74, 6) is -0.307. The molecule has 0 heterocycles. The van der Waals surface area contributed by atoms with Crippen molar-refractivity contribution in [1.82, 2.24) is 0 Å². The third-order valence-corrected chi connectivity index (χ3v) is 5.59. The molecule has 0 atom stereocenters. The molecule has 0 radical (unpaired) electrons. The van der Waals surface area contributed by atoms with E-state index in [1.54, 1.807) is 0 Å². The average molecular weight is 393 g/mol. The smallest absolute Gasteiger partial charge is 0.872 e. The van der Waals surface area contributed by atoms with Crippen LogP contribution in [0.1, 0.15) is 89.5 Å². The van der Waals surface area contributed by atoms with Crippen molar-refractivity contribution >= 4 is 10.1 Å². The molecule has 0 fully saturated rings. The second kappa shape index (κ2) is 14.9. The molecule has 0 aliphatic heterocycles. The average Bonchev–Trinajstić information content (AvgIpc) is 2.56. The zero-order valence-corrected chi connectivity index (χ0v) is 19.3. The number of rotatable bonds is 14. The summed E-state index contributed by atoms with van der Waals surface area (Å²) in [6.45, 7) is 2.24. The van der Waals surface area contributed by atoms with Crippen molar-refractivity contribution in [3.8, 4) is 5.75 Å². The van der Waals surface area contributed by atoms with Crippen LogP contribution in [0.25, 0.3) is 0 Å². The number of hydrogen-bond donors (Lipinski definition) is 1. The summed E-state index contributed by atoms with van der Waals surface area (Å²) < 4.78 is 31.9. The van der Waals surface area contributed by atoms with E-state index in [1.165, 1.54) is 76.0 Å². The van der Waals surface area contributed by atoms with Gasteiger partial charge in [-0.25, -0.2) is 0 Å². The van der Waals surface area contributed by atoms with Gasteiger partial charge in [0.1, 0.15) is 0 Å². The Hall–Kier alpha value is -0.0700. The molecule has 0 aromatic heterocycles. The number of unbranched alkanes of at least 4 members (excludes halogenated alkanes) is 11. The summed E-state index contributed by atoms with van der Waals surface area (Å²) in [4.78, 5) is -0.233. The van der Waals surface area contributed by atoms with Crippen LogP contribution in [0.3, 0.4) is 0 Å².